The summed E-state index contributed by atoms with van der Waals surface area (Å²) >= 11 is 0. The zero-order chi connectivity index (χ0) is 3.58. The number of hydrogen-bond acceptors (Lipinski definition) is 1. The fourth-order valence-electron chi connectivity index (χ4n) is 0. The molecule has 2 heteroatoms. The Morgan fingerprint density at radius 1 is 1.00 bits per heavy atom. The molecule has 0 atom stereocenters. The lowest BCUT2D eigenvalue weighted by molar-refractivity contribution is 0.737. The SMILES string of the molecule is CC(C)C.N.O. The molecule has 0 spiro atoms. The van der Waals surface area contributed by atoms with E-state index < -0.39 is 0 Å². The quantitative estimate of drug-likeness (QED) is 0.477. The summed E-state index contributed by atoms with van der Waals surface area (Å²) in [7, 11) is 0. The lowest BCUT2D eigenvalue weighted by atomic mass is 10.3. The third-order valence-electron chi connectivity index (χ3n) is 0. The first-order valence-corrected chi connectivity index (χ1v) is 1.73. The molecule has 0 saturated heterocycles. The van der Waals surface area contributed by atoms with E-state index in [4.69, 9.17) is 0 Å². The molecule has 0 rings (SSSR count). The smallest absolute Gasteiger partial charge is 0.0500 e. The van der Waals surface area contributed by atoms with Crippen molar-refractivity contribution in [1.29, 1.82) is 0 Å². The number of rotatable bonds is 0. The largest absolute Gasteiger partial charge is 0.412 e. The Morgan fingerprint density at radius 2 is 1.00 bits per heavy atom. The minimum atomic E-state index is 0. The summed E-state index contributed by atoms with van der Waals surface area (Å²) in [5.74, 6) is 0.833. The molecular weight excluding hydrogens is 78.0 g/mol. The molecule has 0 aliphatic heterocycles. The van der Waals surface area contributed by atoms with Crippen LogP contribution in [0.1, 0.15) is 20.8 Å². The van der Waals surface area contributed by atoms with Gasteiger partial charge in [0.25, 0.3) is 0 Å². The molecule has 0 radical (unpaired) electrons. The highest BCUT2D eigenvalue weighted by atomic mass is 16.0. The molecule has 0 unspecified atom stereocenters. The molecule has 0 heterocycles. The molecule has 0 aromatic rings. The maximum atomic E-state index is 2.17. The lowest BCUT2D eigenvalue weighted by Crippen LogP contribution is -1.66. The van der Waals surface area contributed by atoms with Crippen LogP contribution in [0.3, 0.4) is 0 Å². The Kier molecular flexibility index (Phi) is 24.8. The Labute approximate surface area is 39.5 Å². The van der Waals surface area contributed by atoms with Gasteiger partial charge in [-0.2, -0.15) is 0 Å². The molecule has 0 aliphatic carbocycles. The van der Waals surface area contributed by atoms with Crippen molar-refractivity contribution in [2.24, 2.45) is 5.92 Å². The lowest BCUT2D eigenvalue weighted by Gasteiger charge is -1.79. The molecule has 0 saturated carbocycles. The molecule has 0 aromatic carbocycles. The zero-order valence-corrected chi connectivity index (χ0v) is 4.78. The van der Waals surface area contributed by atoms with Crippen molar-refractivity contribution in [3.05, 3.63) is 0 Å². The second-order valence-electron chi connectivity index (χ2n) is 1.73. The average molecular weight is 93.2 g/mol. The van der Waals surface area contributed by atoms with Gasteiger partial charge in [-0.05, 0) is 5.92 Å². The maximum Gasteiger partial charge on any atom is -0.0500 e. The normalized spacial score (nSPS) is 6.00. The molecule has 0 bridgehead atoms. The summed E-state index contributed by atoms with van der Waals surface area (Å²) in [5.41, 5.74) is 0. The van der Waals surface area contributed by atoms with E-state index in [1.54, 1.807) is 0 Å². The van der Waals surface area contributed by atoms with E-state index in [1.807, 2.05) is 0 Å². The molecule has 0 aromatic heterocycles. The minimum absolute atomic E-state index is 0. The second-order valence-corrected chi connectivity index (χ2v) is 1.73. The molecule has 0 amide bonds. The maximum absolute atomic E-state index is 2.17. The summed E-state index contributed by atoms with van der Waals surface area (Å²) in [4.78, 5) is 0. The van der Waals surface area contributed by atoms with E-state index in [0.717, 1.165) is 5.92 Å². The van der Waals surface area contributed by atoms with Gasteiger partial charge in [0.15, 0.2) is 0 Å². The third-order valence-corrected chi connectivity index (χ3v) is 0. The van der Waals surface area contributed by atoms with Gasteiger partial charge in [0, 0.05) is 0 Å². The van der Waals surface area contributed by atoms with Crippen LogP contribution in [0.2, 0.25) is 0 Å². The summed E-state index contributed by atoms with van der Waals surface area (Å²) in [6, 6.07) is 0. The minimum Gasteiger partial charge on any atom is -0.412 e. The first kappa shape index (κ1) is 16.8. The van der Waals surface area contributed by atoms with Crippen molar-refractivity contribution in [3.8, 4) is 0 Å². The average Bonchev–Trinajstić information content (AvgIpc) is 0.811. The second kappa shape index (κ2) is 8.87. The van der Waals surface area contributed by atoms with Crippen molar-refractivity contribution < 1.29 is 5.48 Å². The van der Waals surface area contributed by atoms with Crippen molar-refractivity contribution in [3.63, 3.8) is 0 Å². The Balaban J connectivity index is -0.0000000450. The summed E-state index contributed by atoms with van der Waals surface area (Å²) in [5, 5.41) is 0. The van der Waals surface area contributed by atoms with E-state index in [9.17, 15) is 0 Å². The van der Waals surface area contributed by atoms with Crippen molar-refractivity contribution in [1.82, 2.24) is 6.15 Å². The Morgan fingerprint density at radius 3 is 1.00 bits per heavy atom. The van der Waals surface area contributed by atoms with E-state index in [2.05, 4.69) is 20.8 Å². The van der Waals surface area contributed by atoms with Gasteiger partial charge in [-0.25, -0.2) is 0 Å². The summed E-state index contributed by atoms with van der Waals surface area (Å²) in [6.07, 6.45) is 0. The van der Waals surface area contributed by atoms with E-state index in [1.165, 1.54) is 0 Å². The van der Waals surface area contributed by atoms with Gasteiger partial charge in [-0.15, -0.1) is 0 Å². The molecule has 0 fully saturated rings. The van der Waals surface area contributed by atoms with E-state index in [-0.39, 0.29) is 11.6 Å². The fourth-order valence-corrected chi connectivity index (χ4v) is 0. The highest BCUT2D eigenvalue weighted by Gasteiger charge is 1.68. The van der Waals surface area contributed by atoms with Gasteiger partial charge in [0.1, 0.15) is 0 Å². The number of hydrogen-bond donors (Lipinski definition) is 1. The standard InChI is InChI=1S/C4H10.H3N.H2O/c1-4(2)3;;/h4H,1-3H3;1H3;1H2. The highest BCUT2D eigenvalue weighted by molar-refractivity contribution is 4.20. The van der Waals surface area contributed by atoms with Crippen LogP contribution in [0.25, 0.3) is 0 Å². The van der Waals surface area contributed by atoms with Crippen LogP contribution >= 0.6 is 0 Å². The highest BCUT2D eigenvalue weighted by Crippen LogP contribution is 1.81. The van der Waals surface area contributed by atoms with Crippen molar-refractivity contribution in [2.45, 2.75) is 20.8 Å². The van der Waals surface area contributed by atoms with Crippen molar-refractivity contribution >= 4 is 0 Å². The third kappa shape index (κ3) is 5220. The van der Waals surface area contributed by atoms with Crippen LogP contribution in [0.4, 0.5) is 0 Å². The van der Waals surface area contributed by atoms with Gasteiger partial charge < -0.3 is 11.6 Å². The zero-order valence-electron chi connectivity index (χ0n) is 4.78. The molecule has 5 N–H and O–H groups in total. The Hall–Kier alpha value is -0.0800. The van der Waals surface area contributed by atoms with Crippen LogP contribution in [-0.2, 0) is 0 Å². The van der Waals surface area contributed by atoms with E-state index >= 15 is 0 Å². The van der Waals surface area contributed by atoms with Gasteiger partial charge in [-0.3, -0.25) is 0 Å². The van der Waals surface area contributed by atoms with Crippen LogP contribution in [0.5, 0.6) is 0 Å². The Bertz CT molecular complexity index is 12.3. The predicted octanol–water partition coefficient (Wildman–Crippen LogP) is 1.000. The first-order valence-electron chi connectivity index (χ1n) is 1.73. The van der Waals surface area contributed by atoms with Crippen molar-refractivity contribution in [2.75, 3.05) is 0 Å². The van der Waals surface area contributed by atoms with E-state index in [0.29, 0.717) is 0 Å². The fraction of sp³-hybridized carbons (Fsp3) is 1.00. The molecule has 6 heavy (non-hydrogen) atoms. The van der Waals surface area contributed by atoms with Gasteiger partial charge in [0.2, 0.25) is 0 Å². The van der Waals surface area contributed by atoms with Crippen LogP contribution in [0.15, 0.2) is 0 Å². The first-order chi connectivity index (χ1) is 1.73. The van der Waals surface area contributed by atoms with Gasteiger partial charge >= 0.3 is 0 Å². The molecular formula is C4H15NO. The van der Waals surface area contributed by atoms with Crippen LogP contribution < -0.4 is 6.15 Å². The predicted molar refractivity (Wildman–Crippen MR) is 29.1 cm³/mol. The van der Waals surface area contributed by atoms with Gasteiger partial charge in [0.05, 0.1) is 0 Å². The van der Waals surface area contributed by atoms with Crippen LogP contribution in [-0.4, -0.2) is 5.48 Å². The molecule has 42 valence electrons. The topological polar surface area (TPSA) is 66.5 Å². The van der Waals surface area contributed by atoms with Gasteiger partial charge in [-0.1, -0.05) is 20.8 Å². The van der Waals surface area contributed by atoms with Crippen LogP contribution in [0, 0.1) is 5.92 Å². The summed E-state index contributed by atoms with van der Waals surface area (Å²) in [6.45, 7) is 6.50. The monoisotopic (exact) mass is 93.1 g/mol. The molecule has 0 aliphatic rings. The summed E-state index contributed by atoms with van der Waals surface area (Å²) < 4.78 is 0. The molecule has 2 nitrogen and oxygen atoms in total.